The van der Waals surface area contributed by atoms with Crippen LogP contribution < -0.4 is 5.32 Å². The molecular formula is C16H19BrClNO2. The van der Waals surface area contributed by atoms with Crippen LogP contribution in [0.15, 0.2) is 39.2 Å². The number of methoxy groups -OCH3 is 1. The number of hydrogen-bond donors (Lipinski definition) is 1. The maximum absolute atomic E-state index is 6.43. The fourth-order valence-electron chi connectivity index (χ4n) is 2.17. The molecule has 1 atom stereocenters. The van der Waals surface area contributed by atoms with Crippen LogP contribution in [0.1, 0.15) is 36.5 Å². The van der Waals surface area contributed by atoms with Gasteiger partial charge < -0.3 is 14.5 Å². The highest BCUT2D eigenvalue weighted by molar-refractivity contribution is 9.10. The van der Waals surface area contributed by atoms with Crippen molar-refractivity contribution < 1.29 is 9.15 Å². The smallest absolute Gasteiger partial charge is 0.129 e. The summed E-state index contributed by atoms with van der Waals surface area (Å²) in [5.41, 5.74) is 0.998. The molecule has 0 amide bonds. The van der Waals surface area contributed by atoms with Crippen LogP contribution in [0.2, 0.25) is 5.02 Å². The van der Waals surface area contributed by atoms with Gasteiger partial charge in [-0.3, -0.25) is 0 Å². The summed E-state index contributed by atoms with van der Waals surface area (Å²) in [5.74, 6) is 1.65. The first-order chi connectivity index (χ1) is 10.2. The molecule has 1 aromatic carbocycles. The van der Waals surface area contributed by atoms with E-state index in [-0.39, 0.29) is 6.04 Å². The molecule has 1 unspecified atom stereocenters. The molecule has 0 aliphatic heterocycles. The Labute approximate surface area is 138 Å². The lowest BCUT2D eigenvalue weighted by Gasteiger charge is -2.18. The average molecular weight is 373 g/mol. The molecule has 5 heteroatoms. The molecule has 0 aliphatic carbocycles. The highest BCUT2D eigenvalue weighted by atomic mass is 79.9. The Morgan fingerprint density at radius 3 is 2.86 bits per heavy atom. The normalized spacial score (nSPS) is 12.6. The Morgan fingerprint density at radius 2 is 2.14 bits per heavy atom. The molecule has 0 fully saturated rings. The number of furan rings is 1. The minimum atomic E-state index is -0.0689. The largest absolute Gasteiger partial charge is 0.462 e. The van der Waals surface area contributed by atoms with Crippen molar-refractivity contribution in [2.75, 3.05) is 13.7 Å². The summed E-state index contributed by atoms with van der Waals surface area (Å²) in [4.78, 5) is 0. The van der Waals surface area contributed by atoms with Crippen molar-refractivity contribution in [2.45, 2.75) is 26.0 Å². The number of benzene rings is 1. The maximum Gasteiger partial charge on any atom is 0.129 e. The second-order valence-corrected chi connectivity index (χ2v) is 6.00. The molecule has 0 saturated carbocycles. The Bertz CT molecular complexity index is 585. The molecule has 0 radical (unpaired) electrons. The second kappa shape index (κ2) is 7.99. The van der Waals surface area contributed by atoms with Crippen LogP contribution in [0.4, 0.5) is 0 Å². The fourth-order valence-corrected chi connectivity index (χ4v) is 2.78. The lowest BCUT2D eigenvalue weighted by Crippen LogP contribution is -2.23. The highest BCUT2D eigenvalue weighted by Crippen LogP contribution is 2.34. The molecule has 1 heterocycles. The van der Waals surface area contributed by atoms with Crippen molar-refractivity contribution >= 4 is 27.5 Å². The molecule has 1 aromatic heterocycles. The van der Waals surface area contributed by atoms with Gasteiger partial charge in [0.05, 0.1) is 11.1 Å². The number of halogens is 2. The van der Waals surface area contributed by atoms with E-state index >= 15 is 0 Å². The summed E-state index contributed by atoms with van der Waals surface area (Å²) < 4.78 is 11.9. The monoisotopic (exact) mass is 371 g/mol. The first kappa shape index (κ1) is 16.6. The molecule has 2 aromatic rings. The van der Waals surface area contributed by atoms with Crippen LogP contribution in [0.25, 0.3) is 0 Å². The van der Waals surface area contributed by atoms with E-state index in [1.54, 1.807) is 7.11 Å². The molecule has 21 heavy (non-hydrogen) atoms. The quantitative estimate of drug-likeness (QED) is 0.748. The molecule has 3 nitrogen and oxygen atoms in total. The third kappa shape index (κ3) is 4.10. The predicted octanol–water partition coefficient (Wildman–Crippen LogP) is 4.93. The zero-order chi connectivity index (χ0) is 15.2. The molecule has 0 saturated heterocycles. The Balaban J connectivity index is 2.34. The van der Waals surface area contributed by atoms with Gasteiger partial charge in [0, 0.05) is 11.6 Å². The molecule has 2 rings (SSSR count). The van der Waals surface area contributed by atoms with Gasteiger partial charge in [-0.05, 0) is 52.7 Å². The fraction of sp³-hybridized carbons (Fsp3) is 0.375. The zero-order valence-electron chi connectivity index (χ0n) is 12.2. The van der Waals surface area contributed by atoms with Crippen LogP contribution in [-0.2, 0) is 11.3 Å². The average Bonchev–Trinajstić information content (AvgIpc) is 2.92. The van der Waals surface area contributed by atoms with E-state index in [4.69, 9.17) is 20.8 Å². The number of rotatable bonds is 7. The zero-order valence-corrected chi connectivity index (χ0v) is 14.5. The molecule has 0 aliphatic rings. The summed E-state index contributed by atoms with van der Waals surface area (Å²) in [6, 6.07) is 9.76. The summed E-state index contributed by atoms with van der Waals surface area (Å²) in [5, 5.41) is 4.19. The summed E-state index contributed by atoms with van der Waals surface area (Å²) in [6.07, 6.45) is 1.04. The van der Waals surface area contributed by atoms with Crippen molar-refractivity contribution in [3.8, 4) is 0 Å². The van der Waals surface area contributed by atoms with Crippen molar-refractivity contribution in [3.05, 3.63) is 56.9 Å². The number of nitrogens with one attached hydrogen (secondary N) is 1. The van der Waals surface area contributed by atoms with Crippen LogP contribution in [0.3, 0.4) is 0 Å². The number of ether oxygens (including phenoxy) is 1. The van der Waals surface area contributed by atoms with Crippen LogP contribution in [0.5, 0.6) is 0 Å². The maximum atomic E-state index is 6.43. The van der Waals surface area contributed by atoms with Crippen molar-refractivity contribution in [2.24, 2.45) is 0 Å². The summed E-state index contributed by atoms with van der Waals surface area (Å²) in [7, 11) is 1.65. The van der Waals surface area contributed by atoms with E-state index in [9.17, 15) is 0 Å². The molecule has 114 valence electrons. The highest BCUT2D eigenvalue weighted by Gasteiger charge is 2.20. The van der Waals surface area contributed by atoms with Gasteiger partial charge in [-0.2, -0.15) is 0 Å². The summed E-state index contributed by atoms with van der Waals surface area (Å²) >= 11 is 9.91. The second-order valence-electron chi connectivity index (χ2n) is 4.77. The Kier molecular flexibility index (Phi) is 6.30. The van der Waals surface area contributed by atoms with E-state index in [1.165, 1.54) is 0 Å². The topological polar surface area (TPSA) is 34.4 Å². The van der Waals surface area contributed by atoms with Crippen molar-refractivity contribution in [1.29, 1.82) is 0 Å². The lowest BCUT2D eigenvalue weighted by molar-refractivity contribution is 0.162. The van der Waals surface area contributed by atoms with Gasteiger partial charge in [0.1, 0.15) is 18.1 Å². The molecule has 0 bridgehead atoms. The van der Waals surface area contributed by atoms with E-state index in [1.807, 2.05) is 30.3 Å². The van der Waals surface area contributed by atoms with Gasteiger partial charge in [-0.1, -0.05) is 30.7 Å². The van der Waals surface area contributed by atoms with Gasteiger partial charge in [0.15, 0.2) is 0 Å². The first-order valence-electron chi connectivity index (χ1n) is 6.92. The standard InChI is InChI=1S/C16H19BrClNO2/c1-3-9-19-16(12-5-4-6-13(17)15(12)18)14-8-7-11(21-14)10-20-2/h4-8,16,19H,3,9-10H2,1-2H3. The van der Waals surface area contributed by atoms with Gasteiger partial charge in [-0.15, -0.1) is 0 Å². The van der Waals surface area contributed by atoms with E-state index in [2.05, 4.69) is 28.2 Å². The van der Waals surface area contributed by atoms with Crippen LogP contribution in [-0.4, -0.2) is 13.7 Å². The van der Waals surface area contributed by atoms with Crippen LogP contribution in [0, 0.1) is 0 Å². The van der Waals surface area contributed by atoms with Crippen LogP contribution >= 0.6 is 27.5 Å². The predicted molar refractivity (Wildman–Crippen MR) is 88.7 cm³/mol. The summed E-state index contributed by atoms with van der Waals surface area (Å²) in [6.45, 7) is 3.48. The molecule has 0 spiro atoms. The van der Waals surface area contributed by atoms with E-state index < -0.39 is 0 Å². The van der Waals surface area contributed by atoms with E-state index in [0.717, 1.165) is 34.5 Å². The first-order valence-corrected chi connectivity index (χ1v) is 8.09. The van der Waals surface area contributed by atoms with Gasteiger partial charge in [0.2, 0.25) is 0 Å². The lowest BCUT2D eigenvalue weighted by atomic mass is 10.0. The Morgan fingerprint density at radius 1 is 1.33 bits per heavy atom. The minimum absolute atomic E-state index is 0.0689. The third-order valence-corrected chi connectivity index (χ3v) is 4.46. The van der Waals surface area contributed by atoms with E-state index in [0.29, 0.717) is 11.6 Å². The van der Waals surface area contributed by atoms with Crippen molar-refractivity contribution in [1.82, 2.24) is 5.32 Å². The Hall–Kier alpha value is -0.810. The molecular weight excluding hydrogens is 354 g/mol. The van der Waals surface area contributed by atoms with Gasteiger partial charge in [-0.25, -0.2) is 0 Å². The van der Waals surface area contributed by atoms with Crippen molar-refractivity contribution in [3.63, 3.8) is 0 Å². The van der Waals surface area contributed by atoms with Gasteiger partial charge >= 0.3 is 0 Å². The third-order valence-electron chi connectivity index (χ3n) is 3.14. The number of hydrogen-bond acceptors (Lipinski definition) is 3. The SMILES string of the molecule is CCCNC(c1ccc(COC)o1)c1cccc(Br)c1Cl. The molecule has 1 N–H and O–H groups in total. The van der Waals surface area contributed by atoms with Gasteiger partial charge in [0.25, 0.3) is 0 Å². The minimum Gasteiger partial charge on any atom is -0.462 e.